The van der Waals surface area contributed by atoms with Crippen molar-refractivity contribution >= 4 is 27.4 Å². The number of hydrogen-bond donors (Lipinski definition) is 0. The molecule has 1 atom stereocenters. The Labute approximate surface area is 215 Å². The van der Waals surface area contributed by atoms with Gasteiger partial charge in [-0.25, -0.2) is 0 Å². The topological polar surface area (TPSA) is 4.93 Å². The molecule has 0 amide bonds. The van der Waals surface area contributed by atoms with Crippen molar-refractivity contribution in [3.8, 4) is 5.69 Å². The molecule has 0 aliphatic rings. The zero-order chi connectivity index (χ0) is 25.2. The van der Waals surface area contributed by atoms with Gasteiger partial charge < -0.3 is 4.57 Å². The molecule has 0 fully saturated rings. The Kier molecular flexibility index (Phi) is 6.65. The van der Waals surface area contributed by atoms with Crippen LogP contribution in [0.2, 0.25) is 0 Å². The minimum atomic E-state index is 0.345. The molecule has 0 aliphatic heterocycles. The van der Waals surface area contributed by atoms with E-state index in [0.29, 0.717) is 5.92 Å². The third-order valence-corrected chi connectivity index (χ3v) is 7.63. The summed E-state index contributed by atoms with van der Waals surface area (Å²) in [5.74, 6) is 0.345. The van der Waals surface area contributed by atoms with E-state index in [-0.39, 0.29) is 0 Å². The number of aromatic nitrogens is 1. The lowest BCUT2D eigenvalue weighted by atomic mass is 9.82. The van der Waals surface area contributed by atoms with Crippen LogP contribution < -0.4 is 0 Å². The maximum atomic E-state index is 2.44. The third-order valence-electron chi connectivity index (χ3n) is 7.63. The standard InChI is InChI=1S/C35H35N/c1-6-15-31(28(7-2)25(4)29-19-12-11-16-24(29)3)30-22-23-33-32-20-13-14-21-34(32)36(35(33)26(30)5)27-17-9-8-10-18-27/h6,8-23,25H,7H2,1-5H3. The summed E-state index contributed by atoms with van der Waals surface area (Å²) in [6.07, 6.45) is 5.51. The smallest absolute Gasteiger partial charge is 0.0576 e. The van der Waals surface area contributed by atoms with Gasteiger partial charge >= 0.3 is 0 Å². The van der Waals surface area contributed by atoms with Crippen LogP contribution in [0.15, 0.2) is 109 Å². The quantitative estimate of drug-likeness (QED) is 0.218. The second kappa shape index (κ2) is 10.0. The van der Waals surface area contributed by atoms with E-state index in [2.05, 4.69) is 142 Å². The second-order valence-electron chi connectivity index (χ2n) is 9.69. The van der Waals surface area contributed by atoms with Crippen LogP contribution in [-0.2, 0) is 0 Å². The minimum Gasteiger partial charge on any atom is -0.309 e. The van der Waals surface area contributed by atoms with E-state index in [1.165, 1.54) is 60.9 Å². The molecule has 36 heavy (non-hydrogen) atoms. The molecule has 1 nitrogen and oxygen atoms in total. The summed E-state index contributed by atoms with van der Waals surface area (Å²) >= 11 is 0. The van der Waals surface area contributed by atoms with Crippen molar-refractivity contribution in [2.75, 3.05) is 0 Å². The van der Waals surface area contributed by atoms with Crippen LogP contribution >= 0.6 is 0 Å². The molecule has 1 heteroatoms. The zero-order valence-electron chi connectivity index (χ0n) is 22.0. The first-order chi connectivity index (χ1) is 17.6. The van der Waals surface area contributed by atoms with E-state index in [9.17, 15) is 0 Å². The van der Waals surface area contributed by atoms with Crippen LogP contribution in [0.25, 0.3) is 33.1 Å². The van der Waals surface area contributed by atoms with E-state index in [4.69, 9.17) is 0 Å². The molecule has 0 aliphatic carbocycles. The average molecular weight is 470 g/mol. The van der Waals surface area contributed by atoms with Gasteiger partial charge in [-0.05, 0) is 73.2 Å². The van der Waals surface area contributed by atoms with Crippen molar-refractivity contribution in [1.29, 1.82) is 0 Å². The predicted octanol–water partition coefficient (Wildman–Crippen LogP) is 9.94. The van der Waals surface area contributed by atoms with Gasteiger partial charge in [-0.15, -0.1) is 0 Å². The first kappa shape index (κ1) is 23.9. The minimum absolute atomic E-state index is 0.345. The molecule has 0 bridgehead atoms. The number of benzene rings is 4. The molecular formula is C35H35N. The van der Waals surface area contributed by atoms with Crippen LogP contribution in [0, 0.1) is 13.8 Å². The fraction of sp³-hybridized carbons (Fsp3) is 0.200. The number of para-hydroxylation sites is 2. The summed E-state index contributed by atoms with van der Waals surface area (Å²) in [5, 5.41) is 2.60. The largest absolute Gasteiger partial charge is 0.309 e. The normalized spacial score (nSPS) is 13.5. The van der Waals surface area contributed by atoms with Gasteiger partial charge in [0.25, 0.3) is 0 Å². The van der Waals surface area contributed by atoms with Crippen molar-refractivity contribution < 1.29 is 0 Å². The molecule has 0 saturated carbocycles. The molecule has 0 N–H and O–H groups in total. The number of nitrogens with zero attached hydrogens (tertiary/aromatic N) is 1. The Bertz CT molecular complexity index is 1590. The molecule has 4 aromatic carbocycles. The Balaban J connectivity index is 1.83. The fourth-order valence-electron chi connectivity index (χ4n) is 5.89. The Hall–Kier alpha value is -3.84. The molecule has 0 radical (unpaired) electrons. The van der Waals surface area contributed by atoms with Gasteiger partial charge in [0.15, 0.2) is 0 Å². The summed E-state index contributed by atoms with van der Waals surface area (Å²) in [6, 6.07) is 33.0. The summed E-state index contributed by atoms with van der Waals surface area (Å²) in [6.45, 7) is 11.3. The van der Waals surface area contributed by atoms with Crippen LogP contribution in [0.1, 0.15) is 55.4 Å². The van der Waals surface area contributed by atoms with E-state index in [0.717, 1.165) is 6.42 Å². The van der Waals surface area contributed by atoms with Gasteiger partial charge in [0.1, 0.15) is 0 Å². The average Bonchev–Trinajstić information content (AvgIpc) is 3.25. The summed E-state index contributed by atoms with van der Waals surface area (Å²) in [5.41, 5.74) is 12.0. The SMILES string of the molecule is CC=CC(=C(CC)C(C)c1ccccc1C)c1ccc2c3ccccc3n(-c3ccccc3)c2c1C. The van der Waals surface area contributed by atoms with Crippen LogP contribution in [-0.4, -0.2) is 4.57 Å². The highest BCUT2D eigenvalue weighted by molar-refractivity contribution is 6.11. The summed E-state index contributed by atoms with van der Waals surface area (Å²) in [7, 11) is 0. The van der Waals surface area contributed by atoms with Crippen molar-refractivity contribution in [2.24, 2.45) is 0 Å². The molecule has 5 aromatic rings. The maximum Gasteiger partial charge on any atom is 0.0576 e. The number of allylic oxidation sites excluding steroid dienone is 4. The van der Waals surface area contributed by atoms with E-state index >= 15 is 0 Å². The monoisotopic (exact) mass is 469 g/mol. The van der Waals surface area contributed by atoms with Crippen LogP contribution in [0.5, 0.6) is 0 Å². The Morgan fingerprint density at radius 3 is 2.22 bits per heavy atom. The molecule has 1 aromatic heterocycles. The highest BCUT2D eigenvalue weighted by Crippen LogP contribution is 2.40. The highest BCUT2D eigenvalue weighted by atomic mass is 15.0. The molecule has 0 saturated heterocycles. The van der Waals surface area contributed by atoms with E-state index in [1.807, 2.05) is 0 Å². The summed E-state index contributed by atoms with van der Waals surface area (Å²) < 4.78 is 2.44. The fourth-order valence-corrected chi connectivity index (χ4v) is 5.89. The van der Waals surface area contributed by atoms with Gasteiger partial charge in [-0.2, -0.15) is 0 Å². The number of aryl methyl sites for hydroxylation is 2. The molecule has 5 rings (SSSR count). The lowest BCUT2D eigenvalue weighted by molar-refractivity contribution is 0.835. The molecule has 1 heterocycles. The van der Waals surface area contributed by atoms with Gasteiger partial charge in [0.2, 0.25) is 0 Å². The van der Waals surface area contributed by atoms with Crippen LogP contribution in [0.4, 0.5) is 0 Å². The first-order valence-electron chi connectivity index (χ1n) is 13.1. The molecule has 180 valence electrons. The molecule has 0 spiro atoms. The van der Waals surface area contributed by atoms with Crippen molar-refractivity contribution in [2.45, 2.75) is 47.0 Å². The van der Waals surface area contributed by atoms with Crippen molar-refractivity contribution in [3.63, 3.8) is 0 Å². The maximum absolute atomic E-state index is 2.44. The number of fused-ring (bicyclic) bond motifs is 3. The zero-order valence-corrected chi connectivity index (χ0v) is 22.0. The first-order valence-corrected chi connectivity index (χ1v) is 13.1. The number of hydrogen-bond acceptors (Lipinski definition) is 0. The summed E-state index contributed by atoms with van der Waals surface area (Å²) in [4.78, 5) is 0. The molecular weight excluding hydrogens is 434 g/mol. The van der Waals surface area contributed by atoms with Gasteiger partial charge in [-0.1, -0.05) is 104 Å². The number of rotatable bonds is 6. The van der Waals surface area contributed by atoms with E-state index < -0.39 is 0 Å². The second-order valence-corrected chi connectivity index (χ2v) is 9.69. The van der Waals surface area contributed by atoms with Crippen molar-refractivity contribution in [3.05, 3.63) is 131 Å². The lowest BCUT2D eigenvalue weighted by Crippen LogP contribution is -2.04. The molecule has 1 unspecified atom stereocenters. The predicted molar refractivity (Wildman–Crippen MR) is 157 cm³/mol. The van der Waals surface area contributed by atoms with Gasteiger partial charge in [0, 0.05) is 22.4 Å². The lowest BCUT2D eigenvalue weighted by Gasteiger charge is -2.22. The highest BCUT2D eigenvalue weighted by Gasteiger charge is 2.20. The van der Waals surface area contributed by atoms with Crippen molar-refractivity contribution in [1.82, 2.24) is 4.57 Å². The Morgan fingerprint density at radius 2 is 1.50 bits per heavy atom. The van der Waals surface area contributed by atoms with E-state index in [1.54, 1.807) is 0 Å². The third kappa shape index (κ3) is 3.99. The van der Waals surface area contributed by atoms with Crippen LogP contribution in [0.3, 0.4) is 0 Å². The van der Waals surface area contributed by atoms with Gasteiger partial charge in [-0.3, -0.25) is 0 Å². The Morgan fingerprint density at radius 1 is 0.806 bits per heavy atom. The van der Waals surface area contributed by atoms with Gasteiger partial charge in [0.05, 0.1) is 11.0 Å².